The van der Waals surface area contributed by atoms with Crippen molar-refractivity contribution in [3.63, 3.8) is 0 Å². The normalized spacial score (nSPS) is 12.7. The lowest BCUT2D eigenvalue weighted by Gasteiger charge is -2.14. The average molecular weight is 365 g/mol. The van der Waals surface area contributed by atoms with E-state index < -0.39 is 0 Å². The Balaban J connectivity index is 1.77. The maximum Gasteiger partial charge on any atom is 0.199 e. The number of halogens is 2. The molecule has 1 aromatic heterocycles. The van der Waals surface area contributed by atoms with Crippen molar-refractivity contribution in [3.8, 4) is 0 Å². The molecule has 21 heavy (non-hydrogen) atoms. The highest BCUT2D eigenvalue weighted by Crippen LogP contribution is 2.30. The quantitative estimate of drug-likeness (QED) is 0.642. The zero-order valence-electron chi connectivity index (χ0n) is 11.6. The Kier molecular flexibility index (Phi) is 4.34. The molecule has 0 fully saturated rings. The lowest BCUT2D eigenvalue weighted by molar-refractivity contribution is 0.563. The van der Waals surface area contributed by atoms with Crippen LogP contribution in [0.25, 0.3) is 11.0 Å². The third kappa shape index (κ3) is 3.15. The summed E-state index contributed by atoms with van der Waals surface area (Å²) in [6.07, 6.45) is 0. The molecule has 4 heteroatoms. The first-order chi connectivity index (χ1) is 10.1. The van der Waals surface area contributed by atoms with Gasteiger partial charge in [-0.05, 0) is 42.3 Å². The van der Waals surface area contributed by atoms with Gasteiger partial charge in [0, 0.05) is 28.0 Å². The van der Waals surface area contributed by atoms with Gasteiger partial charge in [-0.3, -0.25) is 0 Å². The van der Waals surface area contributed by atoms with Crippen molar-refractivity contribution < 1.29 is 4.42 Å². The first-order valence-electron chi connectivity index (χ1n) is 6.80. The standard InChI is InChI=1S/C17H15BrClNO/c1-11(12-6-8-13(18)9-7-12)20-10-15-14-4-2-3-5-16(14)21-17(15)19/h2-9,11,20H,10H2,1H3. The summed E-state index contributed by atoms with van der Waals surface area (Å²) in [5.41, 5.74) is 3.08. The van der Waals surface area contributed by atoms with Gasteiger partial charge in [0.15, 0.2) is 5.22 Å². The summed E-state index contributed by atoms with van der Waals surface area (Å²) in [7, 11) is 0. The molecule has 0 aliphatic heterocycles. The number of fused-ring (bicyclic) bond motifs is 1. The minimum Gasteiger partial charge on any atom is -0.444 e. The van der Waals surface area contributed by atoms with Gasteiger partial charge in [-0.25, -0.2) is 0 Å². The molecule has 3 aromatic rings. The van der Waals surface area contributed by atoms with E-state index in [0.29, 0.717) is 11.8 Å². The summed E-state index contributed by atoms with van der Waals surface area (Å²) in [6, 6.07) is 16.5. The first kappa shape index (κ1) is 14.6. The van der Waals surface area contributed by atoms with Crippen LogP contribution in [-0.2, 0) is 6.54 Å². The number of rotatable bonds is 4. The molecule has 2 nitrogen and oxygen atoms in total. The van der Waals surface area contributed by atoms with Crippen molar-refractivity contribution in [1.82, 2.24) is 5.32 Å². The van der Waals surface area contributed by atoms with Gasteiger partial charge in [0.1, 0.15) is 5.58 Å². The van der Waals surface area contributed by atoms with E-state index in [2.05, 4.69) is 40.3 Å². The van der Waals surface area contributed by atoms with Crippen LogP contribution in [0.4, 0.5) is 0 Å². The smallest absolute Gasteiger partial charge is 0.199 e. The molecule has 0 aliphatic rings. The number of benzene rings is 2. The van der Waals surface area contributed by atoms with Crippen molar-refractivity contribution in [2.24, 2.45) is 0 Å². The molecule has 0 spiro atoms. The number of hydrogen-bond donors (Lipinski definition) is 1. The molecule has 1 N–H and O–H groups in total. The van der Waals surface area contributed by atoms with Crippen LogP contribution < -0.4 is 5.32 Å². The number of hydrogen-bond acceptors (Lipinski definition) is 2. The van der Waals surface area contributed by atoms with E-state index >= 15 is 0 Å². The molecule has 0 amide bonds. The zero-order valence-corrected chi connectivity index (χ0v) is 13.9. The summed E-state index contributed by atoms with van der Waals surface area (Å²) in [5, 5.41) is 5.03. The SMILES string of the molecule is CC(NCc1c(Cl)oc2ccccc12)c1ccc(Br)cc1. The molecular weight excluding hydrogens is 350 g/mol. The summed E-state index contributed by atoms with van der Waals surface area (Å²) in [4.78, 5) is 0. The molecular formula is C17H15BrClNO. The fraction of sp³-hybridized carbons (Fsp3) is 0.176. The highest BCUT2D eigenvalue weighted by molar-refractivity contribution is 9.10. The van der Waals surface area contributed by atoms with Crippen LogP contribution in [0.2, 0.25) is 5.22 Å². The Hall–Kier alpha value is -1.29. The lowest BCUT2D eigenvalue weighted by Crippen LogP contribution is -2.18. The highest BCUT2D eigenvalue weighted by Gasteiger charge is 2.13. The van der Waals surface area contributed by atoms with Gasteiger partial charge in [-0.2, -0.15) is 0 Å². The van der Waals surface area contributed by atoms with Gasteiger partial charge < -0.3 is 9.73 Å². The van der Waals surface area contributed by atoms with Gasteiger partial charge in [0.2, 0.25) is 0 Å². The van der Waals surface area contributed by atoms with Crippen LogP contribution >= 0.6 is 27.5 Å². The van der Waals surface area contributed by atoms with E-state index in [4.69, 9.17) is 16.0 Å². The summed E-state index contributed by atoms with van der Waals surface area (Å²) >= 11 is 9.66. The zero-order chi connectivity index (χ0) is 14.8. The summed E-state index contributed by atoms with van der Waals surface area (Å²) in [6.45, 7) is 2.81. The topological polar surface area (TPSA) is 25.2 Å². The van der Waals surface area contributed by atoms with Gasteiger partial charge in [-0.15, -0.1) is 0 Å². The van der Waals surface area contributed by atoms with E-state index in [-0.39, 0.29) is 6.04 Å². The largest absolute Gasteiger partial charge is 0.444 e. The number of para-hydroxylation sites is 1. The average Bonchev–Trinajstić information content (AvgIpc) is 2.81. The Bertz CT molecular complexity index is 751. The van der Waals surface area contributed by atoms with E-state index in [0.717, 1.165) is 21.0 Å². The molecule has 0 aliphatic carbocycles. The summed E-state index contributed by atoms with van der Waals surface area (Å²) in [5.74, 6) is 0. The molecule has 0 bridgehead atoms. The van der Waals surface area contributed by atoms with Crippen molar-refractivity contribution >= 4 is 38.5 Å². The van der Waals surface area contributed by atoms with Crippen LogP contribution in [0.15, 0.2) is 57.4 Å². The fourth-order valence-electron chi connectivity index (χ4n) is 2.36. The Morgan fingerprint density at radius 1 is 1.14 bits per heavy atom. The monoisotopic (exact) mass is 363 g/mol. The fourth-order valence-corrected chi connectivity index (χ4v) is 2.87. The summed E-state index contributed by atoms with van der Waals surface area (Å²) < 4.78 is 6.66. The van der Waals surface area contributed by atoms with Gasteiger partial charge >= 0.3 is 0 Å². The molecule has 108 valence electrons. The number of furan rings is 1. The van der Waals surface area contributed by atoms with Gasteiger partial charge in [0.25, 0.3) is 0 Å². The third-order valence-electron chi connectivity index (χ3n) is 3.60. The Morgan fingerprint density at radius 3 is 2.62 bits per heavy atom. The van der Waals surface area contributed by atoms with Crippen molar-refractivity contribution in [3.05, 3.63) is 69.3 Å². The third-order valence-corrected chi connectivity index (χ3v) is 4.44. The predicted molar refractivity (Wildman–Crippen MR) is 90.6 cm³/mol. The molecule has 2 aromatic carbocycles. The molecule has 1 unspecified atom stereocenters. The highest BCUT2D eigenvalue weighted by atomic mass is 79.9. The van der Waals surface area contributed by atoms with E-state index in [1.54, 1.807) is 0 Å². The molecule has 0 saturated carbocycles. The molecule has 1 atom stereocenters. The second-order valence-electron chi connectivity index (χ2n) is 5.00. The van der Waals surface area contributed by atoms with E-state index in [1.165, 1.54) is 5.56 Å². The second kappa shape index (κ2) is 6.22. The molecule has 3 rings (SSSR count). The van der Waals surface area contributed by atoms with E-state index in [9.17, 15) is 0 Å². The minimum atomic E-state index is 0.239. The van der Waals surface area contributed by atoms with Crippen LogP contribution in [0.1, 0.15) is 24.1 Å². The number of nitrogens with one attached hydrogen (secondary N) is 1. The lowest BCUT2D eigenvalue weighted by atomic mass is 10.1. The molecule has 0 saturated heterocycles. The van der Waals surface area contributed by atoms with Gasteiger partial charge in [-0.1, -0.05) is 46.3 Å². The maximum absolute atomic E-state index is 6.21. The Labute approximate surface area is 137 Å². The first-order valence-corrected chi connectivity index (χ1v) is 7.97. The van der Waals surface area contributed by atoms with Crippen molar-refractivity contribution in [1.29, 1.82) is 0 Å². The maximum atomic E-state index is 6.21. The van der Waals surface area contributed by atoms with Gasteiger partial charge in [0.05, 0.1) is 0 Å². The van der Waals surface area contributed by atoms with Crippen LogP contribution in [0, 0.1) is 0 Å². The van der Waals surface area contributed by atoms with E-state index in [1.807, 2.05) is 36.4 Å². The second-order valence-corrected chi connectivity index (χ2v) is 6.26. The van der Waals surface area contributed by atoms with Crippen molar-refractivity contribution in [2.45, 2.75) is 19.5 Å². The van der Waals surface area contributed by atoms with Crippen LogP contribution in [0.3, 0.4) is 0 Å². The predicted octanol–water partition coefficient (Wildman–Crippen LogP) is 5.70. The van der Waals surface area contributed by atoms with Crippen LogP contribution in [-0.4, -0.2) is 0 Å². The van der Waals surface area contributed by atoms with Crippen molar-refractivity contribution in [2.75, 3.05) is 0 Å². The Morgan fingerprint density at radius 2 is 1.86 bits per heavy atom. The minimum absolute atomic E-state index is 0.239. The van der Waals surface area contributed by atoms with Crippen LogP contribution in [0.5, 0.6) is 0 Å². The molecule has 0 radical (unpaired) electrons. The molecule has 1 heterocycles.